The molecular weight excluding hydrogens is 180 g/mol. The second-order valence-electron chi connectivity index (χ2n) is 3.31. The van der Waals surface area contributed by atoms with E-state index in [1.807, 2.05) is 19.9 Å². The molecule has 0 saturated heterocycles. The molecule has 0 aliphatic carbocycles. The third kappa shape index (κ3) is 3.16. The van der Waals surface area contributed by atoms with E-state index in [4.69, 9.17) is 9.15 Å². The van der Waals surface area contributed by atoms with Gasteiger partial charge in [0.15, 0.2) is 0 Å². The molecule has 0 bridgehead atoms. The summed E-state index contributed by atoms with van der Waals surface area (Å²) in [4.78, 5) is 0. The quantitative estimate of drug-likeness (QED) is 0.760. The van der Waals surface area contributed by atoms with Crippen LogP contribution in [0.25, 0.3) is 0 Å². The van der Waals surface area contributed by atoms with Gasteiger partial charge in [-0.3, -0.25) is 0 Å². The predicted octanol–water partition coefficient (Wildman–Crippen LogP) is 2.00. The lowest BCUT2D eigenvalue weighted by molar-refractivity contribution is -0.0335. The Labute approximate surface area is 84.7 Å². The third-order valence-corrected chi connectivity index (χ3v) is 2.24. The molecule has 0 saturated carbocycles. The maximum atomic E-state index is 9.85. The van der Waals surface area contributed by atoms with E-state index in [0.717, 1.165) is 12.0 Å². The molecule has 0 spiro atoms. The highest BCUT2D eigenvalue weighted by molar-refractivity contribution is 5.07. The Bertz CT molecular complexity index is 231. The number of rotatable bonds is 6. The van der Waals surface area contributed by atoms with E-state index >= 15 is 0 Å². The van der Waals surface area contributed by atoms with Crippen molar-refractivity contribution in [1.29, 1.82) is 0 Å². The van der Waals surface area contributed by atoms with Crippen molar-refractivity contribution in [2.45, 2.75) is 38.9 Å². The second-order valence-corrected chi connectivity index (χ2v) is 3.31. The van der Waals surface area contributed by atoms with Crippen LogP contribution >= 0.6 is 0 Å². The zero-order valence-corrected chi connectivity index (χ0v) is 8.77. The van der Waals surface area contributed by atoms with E-state index in [0.29, 0.717) is 13.0 Å². The molecule has 0 amide bonds. The first kappa shape index (κ1) is 11.3. The maximum absolute atomic E-state index is 9.85. The van der Waals surface area contributed by atoms with E-state index < -0.39 is 6.10 Å². The first-order chi connectivity index (χ1) is 6.77. The monoisotopic (exact) mass is 198 g/mol. The predicted molar refractivity (Wildman–Crippen MR) is 54.1 cm³/mol. The fourth-order valence-corrected chi connectivity index (χ4v) is 1.50. The Kier molecular flexibility index (Phi) is 4.70. The van der Waals surface area contributed by atoms with Crippen molar-refractivity contribution in [3.63, 3.8) is 0 Å². The van der Waals surface area contributed by atoms with Crippen molar-refractivity contribution in [1.82, 2.24) is 0 Å². The first-order valence-corrected chi connectivity index (χ1v) is 5.08. The van der Waals surface area contributed by atoms with Gasteiger partial charge in [0, 0.05) is 13.0 Å². The Hall–Kier alpha value is -0.800. The molecule has 80 valence electrons. The highest BCUT2D eigenvalue weighted by Crippen LogP contribution is 2.11. The Morgan fingerprint density at radius 3 is 2.79 bits per heavy atom. The minimum Gasteiger partial charge on any atom is -0.472 e. The summed E-state index contributed by atoms with van der Waals surface area (Å²) in [5.41, 5.74) is 1.01. The fourth-order valence-electron chi connectivity index (χ4n) is 1.50. The first-order valence-electron chi connectivity index (χ1n) is 5.08. The van der Waals surface area contributed by atoms with Gasteiger partial charge in [-0.2, -0.15) is 0 Å². The van der Waals surface area contributed by atoms with E-state index in [-0.39, 0.29) is 6.10 Å². The smallest absolute Gasteiger partial charge is 0.0935 e. The van der Waals surface area contributed by atoms with Gasteiger partial charge in [0.2, 0.25) is 0 Å². The van der Waals surface area contributed by atoms with Crippen LogP contribution in [-0.4, -0.2) is 23.9 Å². The molecule has 14 heavy (non-hydrogen) atoms. The Morgan fingerprint density at radius 1 is 1.50 bits per heavy atom. The molecule has 0 aliphatic heterocycles. The summed E-state index contributed by atoms with van der Waals surface area (Å²) in [7, 11) is 0. The Morgan fingerprint density at radius 2 is 2.29 bits per heavy atom. The van der Waals surface area contributed by atoms with Crippen molar-refractivity contribution >= 4 is 0 Å². The summed E-state index contributed by atoms with van der Waals surface area (Å²) in [6.07, 6.45) is 4.17. The van der Waals surface area contributed by atoms with Crippen molar-refractivity contribution in [2.75, 3.05) is 6.61 Å². The maximum Gasteiger partial charge on any atom is 0.0935 e. The van der Waals surface area contributed by atoms with Crippen LogP contribution in [0.5, 0.6) is 0 Å². The lowest BCUT2D eigenvalue weighted by atomic mass is 10.0. The van der Waals surface area contributed by atoms with Crippen LogP contribution in [0.2, 0.25) is 0 Å². The summed E-state index contributed by atoms with van der Waals surface area (Å²) < 4.78 is 10.4. The minimum absolute atomic E-state index is 0.0742. The summed E-state index contributed by atoms with van der Waals surface area (Å²) in [5, 5.41) is 9.85. The molecule has 0 radical (unpaired) electrons. The van der Waals surface area contributed by atoms with E-state index in [1.165, 1.54) is 0 Å². The highest BCUT2D eigenvalue weighted by Gasteiger charge is 2.18. The van der Waals surface area contributed by atoms with Gasteiger partial charge in [-0.05, 0) is 25.0 Å². The SMILES string of the molecule is CCOC(CC)C(O)Cc1ccoc1. The lowest BCUT2D eigenvalue weighted by Gasteiger charge is -2.20. The van der Waals surface area contributed by atoms with Crippen LogP contribution in [0.3, 0.4) is 0 Å². The number of aliphatic hydroxyl groups is 1. The van der Waals surface area contributed by atoms with Gasteiger partial charge < -0.3 is 14.3 Å². The molecule has 1 rings (SSSR count). The highest BCUT2D eigenvalue weighted by atomic mass is 16.5. The van der Waals surface area contributed by atoms with Gasteiger partial charge in [0.1, 0.15) is 0 Å². The van der Waals surface area contributed by atoms with Crippen molar-refractivity contribution in [3.05, 3.63) is 24.2 Å². The van der Waals surface area contributed by atoms with E-state index in [1.54, 1.807) is 12.5 Å². The van der Waals surface area contributed by atoms with Crippen LogP contribution in [0.1, 0.15) is 25.8 Å². The van der Waals surface area contributed by atoms with Gasteiger partial charge in [0.05, 0.1) is 24.7 Å². The molecule has 2 unspecified atom stereocenters. The molecule has 0 aromatic carbocycles. The molecular formula is C11H18O3. The number of hydrogen-bond acceptors (Lipinski definition) is 3. The van der Waals surface area contributed by atoms with Gasteiger partial charge in [-0.25, -0.2) is 0 Å². The molecule has 2 atom stereocenters. The van der Waals surface area contributed by atoms with Gasteiger partial charge in [-0.15, -0.1) is 0 Å². The van der Waals surface area contributed by atoms with Gasteiger partial charge in [0.25, 0.3) is 0 Å². The van der Waals surface area contributed by atoms with Crippen molar-refractivity contribution < 1.29 is 14.3 Å². The molecule has 1 heterocycles. The van der Waals surface area contributed by atoms with Gasteiger partial charge in [-0.1, -0.05) is 6.92 Å². The average molecular weight is 198 g/mol. The van der Waals surface area contributed by atoms with E-state index in [2.05, 4.69) is 0 Å². The van der Waals surface area contributed by atoms with Crippen LogP contribution in [0.4, 0.5) is 0 Å². The van der Waals surface area contributed by atoms with Crippen LogP contribution in [-0.2, 0) is 11.2 Å². The molecule has 3 nitrogen and oxygen atoms in total. The topological polar surface area (TPSA) is 42.6 Å². The number of furan rings is 1. The number of hydrogen-bond donors (Lipinski definition) is 1. The largest absolute Gasteiger partial charge is 0.472 e. The minimum atomic E-state index is -0.447. The van der Waals surface area contributed by atoms with Crippen LogP contribution < -0.4 is 0 Å². The van der Waals surface area contributed by atoms with Crippen LogP contribution in [0.15, 0.2) is 23.0 Å². The molecule has 1 N–H and O–H groups in total. The zero-order chi connectivity index (χ0) is 10.4. The summed E-state index contributed by atoms with van der Waals surface area (Å²) in [6, 6.07) is 1.86. The zero-order valence-electron chi connectivity index (χ0n) is 8.77. The van der Waals surface area contributed by atoms with Crippen molar-refractivity contribution in [3.8, 4) is 0 Å². The number of aliphatic hydroxyl groups excluding tert-OH is 1. The van der Waals surface area contributed by atoms with Crippen molar-refractivity contribution in [2.24, 2.45) is 0 Å². The summed E-state index contributed by atoms with van der Waals surface area (Å²) in [5.74, 6) is 0. The molecule has 1 aromatic rings. The van der Waals surface area contributed by atoms with Gasteiger partial charge >= 0.3 is 0 Å². The molecule has 0 fully saturated rings. The van der Waals surface area contributed by atoms with Crippen LogP contribution in [0, 0.1) is 0 Å². The summed E-state index contributed by atoms with van der Waals surface area (Å²) in [6.45, 7) is 4.59. The molecule has 1 aromatic heterocycles. The fraction of sp³-hybridized carbons (Fsp3) is 0.636. The lowest BCUT2D eigenvalue weighted by Crippen LogP contribution is -2.30. The van der Waals surface area contributed by atoms with E-state index in [9.17, 15) is 5.11 Å². The Balaban J connectivity index is 2.43. The number of ether oxygens (including phenoxy) is 1. The second kappa shape index (κ2) is 5.83. The summed E-state index contributed by atoms with van der Waals surface area (Å²) >= 11 is 0. The average Bonchev–Trinajstić information content (AvgIpc) is 2.66. The standard InChI is InChI=1S/C11H18O3/c1-3-11(14-4-2)10(12)7-9-5-6-13-8-9/h5-6,8,10-12H,3-4,7H2,1-2H3. The normalized spacial score (nSPS) is 15.4. The third-order valence-electron chi connectivity index (χ3n) is 2.24. The molecule has 0 aliphatic rings. The molecule has 3 heteroatoms.